The quantitative estimate of drug-likeness (QED) is 0.263. The lowest BCUT2D eigenvalue weighted by atomic mass is 10.1. The molecule has 0 radical (unpaired) electrons. The minimum absolute atomic E-state index is 0.0747. The van der Waals surface area contributed by atoms with E-state index < -0.39 is 0 Å². The second-order valence-electron chi connectivity index (χ2n) is 6.81. The van der Waals surface area contributed by atoms with Crippen molar-refractivity contribution in [3.05, 3.63) is 24.3 Å². The predicted molar refractivity (Wildman–Crippen MR) is 108 cm³/mol. The van der Waals surface area contributed by atoms with Gasteiger partial charge in [0, 0.05) is 19.4 Å². The molecule has 0 aliphatic carbocycles. The largest absolute Gasteiger partial charge is 0.356 e. The number of allylic oxidation sites excluding steroid dienone is 4. The smallest absolute Gasteiger partial charge is 0.220 e. The van der Waals surface area contributed by atoms with Crippen LogP contribution in [0.4, 0.5) is 0 Å². The third kappa shape index (κ3) is 20.6. The molecule has 0 rings (SSSR count). The normalized spacial score (nSPS) is 11.4. The van der Waals surface area contributed by atoms with E-state index >= 15 is 0 Å². The van der Waals surface area contributed by atoms with Gasteiger partial charge in [0.2, 0.25) is 5.91 Å². The molecule has 0 spiro atoms. The van der Waals surface area contributed by atoms with E-state index in [-0.39, 0.29) is 11.7 Å². The van der Waals surface area contributed by atoms with Crippen LogP contribution in [0.25, 0.3) is 0 Å². The fourth-order valence-corrected chi connectivity index (χ4v) is 2.58. The molecule has 1 amide bonds. The molecule has 0 aromatic rings. The Morgan fingerprint density at radius 3 is 1.92 bits per heavy atom. The van der Waals surface area contributed by atoms with Crippen LogP contribution in [0.1, 0.15) is 97.3 Å². The van der Waals surface area contributed by atoms with Crippen molar-refractivity contribution in [3.63, 3.8) is 0 Å². The van der Waals surface area contributed by atoms with E-state index in [0.717, 1.165) is 19.3 Å². The molecular weight excluding hydrogens is 310 g/mol. The van der Waals surface area contributed by atoms with Gasteiger partial charge in [-0.25, -0.2) is 0 Å². The average Bonchev–Trinajstić information content (AvgIpc) is 2.58. The molecule has 0 aromatic carbocycles. The molecule has 144 valence electrons. The van der Waals surface area contributed by atoms with Crippen molar-refractivity contribution in [1.29, 1.82) is 0 Å². The van der Waals surface area contributed by atoms with Gasteiger partial charge >= 0.3 is 0 Å². The summed E-state index contributed by atoms with van der Waals surface area (Å²) in [7, 11) is 0. The Morgan fingerprint density at radius 1 is 0.760 bits per heavy atom. The molecule has 0 saturated carbocycles. The van der Waals surface area contributed by atoms with Gasteiger partial charge in [0.1, 0.15) is 5.78 Å². The van der Waals surface area contributed by atoms with E-state index in [2.05, 4.69) is 36.5 Å². The summed E-state index contributed by atoms with van der Waals surface area (Å²) in [6.45, 7) is 4.27. The number of hydrogen-bond donors (Lipinski definition) is 1. The minimum Gasteiger partial charge on any atom is -0.356 e. The van der Waals surface area contributed by atoms with Gasteiger partial charge in [-0.15, -0.1) is 0 Å². The second-order valence-corrected chi connectivity index (χ2v) is 6.81. The number of nitrogens with one attached hydrogen (secondary N) is 1. The van der Waals surface area contributed by atoms with Crippen LogP contribution in [0.5, 0.6) is 0 Å². The number of carbonyl (C=O) groups is 2. The van der Waals surface area contributed by atoms with Crippen LogP contribution in [-0.4, -0.2) is 18.2 Å². The van der Waals surface area contributed by atoms with Gasteiger partial charge in [0.05, 0.1) is 0 Å². The maximum Gasteiger partial charge on any atom is 0.220 e. The minimum atomic E-state index is 0.0747. The van der Waals surface area contributed by atoms with E-state index in [1.165, 1.54) is 51.4 Å². The number of Topliss-reactive ketones (excluding diaryl/α,β-unsaturated/α-hetero) is 1. The van der Waals surface area contributed by atoms with E-state index in [4.69, 9.17) is 0 Å². The first-order valence-electron chi connectivity index (χ1n) is 10.2. The second kappa shape index (κ2) is 19.0. The van der Waals surface area contributed by atoms with Crippen LogP contribution in [0.3, 0.4) is 0 Å². The van der Waals surface area contributed by atoms with Crippen molar-refractivity contribution in [1.82, 2.24) is 5.32 Å². The van der Waals surface area contributed by atoms with Crippen LogP contribution in [0.2, 0.25) is 0 Å². The fourth-order valence-electron chi connectivity index (χ4n) is 2.58. The molecule has 0 aliphatic rings. The highest BCUT2D eigenvalue weighted by atomic mass is 16.1. The Balaban J connectivity index is 3.30. The summed E-state index contributed by atoms with van der Waals surface area (Å²) in [4.78, 5) is 22.3. The molecule has 25 heavy (non-hydrogen) atoms. The number of carbonyl (C=O) groups excluding carboxylic acids is 2. The summed E-state index contributed by atoms with van der Waals surface area (Å²) in [6, 6.07) is 0. The van der Waals surface area contributed by atoms with Crippen LogP contribution in [0, 0.1) is 0 Å². The van der Waals surface area contributed by atoms with Gasteiger partial charge in [-0.1, -0.05) is 69.8 Å². The first-order chi connectivity index (χ1) is 12.2. The molecule has 0 bridgehead atoms. The highest BCUT2D eigenvalue weighted by Crippen LogP contribution is 2.08. The Hall–Kier alpha value is -1.38. The summed E-state index contributed by atoms with van der Waals surface area (Å²) in [6.07, 6.45) is 23.3. The summed E-state index contributed by atoms with van der Waals surface area (Å²) in [5, 5.41) is 2.79. The summed E-state index contributed by atoms with van der Waals surface area (Å²) < 4.78 is 0. The number of ketones is 1. The summed E-state index contributed by atoms with van der Waals surface area (Å²) in [5.41, 5.74) is 0. The Labute approximate surface area is 155 Å². The van der Waals surface area contributed by atoms with Gasteiger partial charge in [-0.2, -0.15) is 0 Å². The predicted octanol–water partition coefficient (Wildman–Crippen LogP) is 5.90. The van der Waals surface area contributed by atoms with Gasteiger partial charge < -0.3 is 5.32 Å². The number of unbranched alkanes of at least 4 members (excludes halogenated alkanes) is 9. The van der Waals surface area contributed by atoms with Gasteiger partial charge in [0.25, 0.3) is 0 Å². The first-order valence-corrected chi connectivity index (χ1v) is 10.2. The van der Waals surface area contributed by atoms with Crippen LogP contribution >= 0.6 is 0 Å². The highest BCUT2D eigenvalue weighted by Gasteiger charge is 2.01. The zero-order valence-corrected chi connectivity index (χ0v) is 16.5. The fraction of sp³-hybridized carbons (Fsp3) is 0.727. The first kappa shape index (κ1) is 23.6. The molecule has 1 N–H and O–H groups in total. The Morgan fingerprint density at radius 2 is 1.32 bits per heavy atom. The van der Waals surface area contributed by atoms with Crippen molar-refractivity contribution < 1.29 is 9.59 Å². The monoisotopic (exact) mass is 349 g/mol. The number of hydrogen-bond acceptors (Lipinski definition) is 2. The average molecular weight is 350 g/mol. The zero-order chi connectivity index (χ0) is 18.6. The number of amides is 1. The molecule has 0 atom stereocenters. The van der Waals surface area contributed by atoms with Crippen molar-refractivity contribution >= 4 is 11.7 Å². The highest BCUT2D eigenvalue weighted by molar-refractivity contribution is 5.78. The lowest BCUT2D eigenvalue weighted by Crippen LogP contribution is -2.25. The molecular formula is C22H39NO2. The van der Waals surface area contributed by atoms with E-state index in [9.17, 15) is 9.59 Å². The molecule has 0 fully saturated rings. The third-order valence-electron chi connectivity index (χ3n) is 4.18. The van der Waals surface area contributed by atoms with Crippen molar-refractivity contribution in [2.45, 2.75) is 97.3 Å². The van der Waals surface area contributed by atoms with Crippen molar-refractivity contribution in [3.8, 4) is 0 Å². The maximum atomic E-state index is 11.5. The Bertz CT molecular complexity index is 385. The van der Waals surface area contributed by atoms with Crippen LogP contribution in [-0.2, 0) is 9.59 Å². The van der Waals surface area contributed by atoms with Crippen molar-refractivity contribution in [2.24, 2.45) is 0 Å². The van der Waals surface area contributed by atoms with E-state index in [1.807, 2.05) is 0 Å². The van der Waals surface area contributed by atoms with E-state index in [0.29, 0.717) is 19.4 Å². The summed E-state index contributed by atoms with van der Waals surface area (Å²) in [5.74, 6) is 0.197. The lowest BCUT2D eigenvalue weighted by molar-refractivity contribution is -0.121. The van der Waals surface area contributed by atoms with E-state index in [1.54, 1.807) is 6.92 Å². The van der Waals surface area contributed by atoms with Crippen LogP contribution < -0.4 is 5.32 Å². The molecule has 3 nitrogen and oxygen atoms in total. The zero-order valence-electron chi connectivity index (χ0n) is 16.5. The standard InChI is InChI=1S/C22H39NO2/c1-3-4-5-6-7-8-9-10-11-12-13-14-15-16-17-18-22(25)23-20-19-21(2)24/h8-11H,3-7,12-20H2,1-2H3,(H,23,25)/b9-8+,11-10-. The maximum absolute atomic E-state index is 11.5. The molecule has 0 saturated heterocycles. The topological polar surface area (TPSA) is 46.2 Å². The SMILES string of the molecule is CCCCCC/C=C/C=C\CCCCCCCC(=O)NCCC(C)=O. The Kier molecular flexibility index (Phi) is 17.9. The van der Waals surface area contributed by atoms with Gasteiger partial charge in [-0.3, -0.25) is 9.59 Å². The van der Waals surface area contributed by atoms with Gasteiger partial charge in [0.15, 0.2) is 0 Å². The number of rotatable bonds is 17. The molecule has 0 unspecified atom stereocenters. The molecule has 0 aromatic heterocycles. The molecule has 0 aliphatic heterocycles. The summed E-state index contributed by atoms with van der Waals surface area (Å²) >= 11 is 0. The van der Waals surface area contributed by atoms with Gasteiger partial charge in [-0.05, 0) is 39.0 Å². The third-order valence-corrected chi connectivity index (χ3v) is 4.18. The lowest BCUT2D eigenvalue weighted by Gasteiger charge is -2.03. The van der Waals surface area contributed by atoms with Crippen molar-refractivity contribution in [2.75, 3.05) is 6.54 Å². The molecule has 3 heteroatoms. The van der Waals surface area contributed by atoms with Crippen LogP contribution in [0.15, 0.2) is 24.3 Å². The molecule has 0 heterocycles.